The van der Waals surface area contributed by atoms with Gasteiger partial charge in [0, 0.05) is 38.1 Å². The first-order valence-corrected chi connectivity index (χ1v) is 6.73. The number of ether oxygens (including phenoxy) is 2. The molecule has 0 amide bonds. The third kappa shape index (κ3) is 3.08. The van der Waals surface area contributed by atoms with Gasteiger partial charge in [0.1, 0.15) is 5.69 Å². The molecule has 0 saturated carbocycles. The average molecular weight is 279 g/mol. The molecule has 0 spiro atoms. The van der Waals surface area contributed by atoms with E-state index in [2.05, 4.69) is 9.88 Å². The van der Waals surface area contributed by atoms with Gasteiger partial charge in [-0.25, -0.2) is 9.78 Å². The van der Waals surface area contributed by atoms with Crippen molar-refractivity contribution in [3.63, 3.8) is 0 Å². The van der Waals surface area contributed by atoms with Gasteiger partial charge in [-0.3, -0.25) is 0 Å². The summed E-state index contributed by atoms with van der Waals surface area (Å²) in [5.74, 6) is -0.428. The normalized spacial score (nSPS) is 22.6. The average Bonchev–Trinajstić information content (AvgIpc) is 2.53. The Morgan fingerprint density at radius 3 is 3.00 bits per heavy atom. The Bertz CT molecular complexity index is 467. The summed E-state index contributed by atoms with van der Waals surface area (Å²) < 4.78 is 10.1. The Balaban J connectivity index is 2.19. The van der Waals surface area contributed by atoms with Crippen molar-refractivity contribution in [3.8, 4) is 0 Å². The van der Waals surface area contributed by atoms with Gasteiger partial charge >= 0.3 is 5.97 Å². The molecule has 0 bridgehead atoms. The number of aromatic nitrogens is 1. The summed E-state index contributed by atoms with van der Waals surface area (Å²) in [6, 6.07) is 3.85. The first kappa shape index (κ1) is 14.7. The van der Waals surface area contributed by atoms with Gasteiger partial charge in [-0.15, -0.1) is 0 Å². The maximum Gasteiger partial charge on any atom is 0.356 e. The highest BCUT2D eigenvalue weighted by Crippen LogP contribution is 2.26. The molecule has 1 aromatic heterocycles. The van der Waals surface area contributed by atoms with Gasteiger partial charge in [0.2, 0.25) is 0 Å². The van der Waals surface area contributed by atoms with Crippen LogP contribution in [0, 0.1) is 0 Å². The van der Waals surface area contributed by atoms with Crippen LogP contribution in [0.1, 0.15) is 23.3 Å². The van der Waals surface area contributed by atoms with Crippen molar-refractivity contribution in [2.45, 2.75) is 25.0 Å². The summed E-state index contributed by atoms with van der Waals surface area (Å²) in [4.78, 5) is 17.8. The number of esters is 1. The number of hydrogen-bond donors (Lipinski definition) is 1. The molecular formula is C14H21N3O3. The minimum atomic E-state index is -0.428. The van der Waals surface area contributed by atoms with Crippen molar-refractivity contribution in [1.82, 2.24) is 4.98 Å². The van der Waals surface area contributed by atoms with Crippen LogP contribution < -0.4 is 10.6 Å². The minimum Gasteiger partial charge on any atom is -0.464 e. The molecule has 0 aromatic carbocycles. The number of piperidine rings is 1. The van der Waals surface area contributed by atoms with Crippen LogP contribution in [-0.2, 0) is 9.47 Å². The third-order valence-corrected chi connectivity index (χ3v) is 3.74. The second kappa shape index (κ2) is 6.67. The van der Waals surface area contributed by atoms with E-state index < -0.39 is 5.97 Å². The van der Waals surface area contributed by atoms with Crippen LogP contribution >= 0.6 is 0 Å². The molecule has 2 unspecified atom stereocenters. The molecule has 6 heteroatoms. The Labute approximate surface area is 118 Å². The summed E-state index contributed by atoms with van der Waals surface area (Å²) in [6.07, 6.45) is 3.71. The molecule has 1 fully saturated rings. The number of pyridine rings is 1. The molecule has 6 nitrogen and oxygen atoms in total. The van der Waals surface area contributed by atoms with Crippen molar-refractivity contribution < 1.29 is 14.3 Å². The molecule has 0 radical (unpaired) electrons. The molecule has 110 valence electrons. The largest absolute Gasteiger partial charge is 0.464 e. The van der Waals surface area contributed by atoms with E-state index in [1.807, 2.05) is 6.07 Å². The number of methoxy groups -OCH3 is 2. The van der Waals surface area contributed by atoms with Crippen LogP contribution in [0.2, 0.25) is 0 Å². The predicted molar refractivity (Wildman–Crippen MR) is 75.8 cm³/mol. The monoisotopic (exact) mass is 279 g/mol. The standard InChI is InChI=1S/C14H21N3O3/c1-19-12-4-6-17(11(7-12)9-15)10-3-5-16-13(8-10)14(18)20-2/h3,5,8,11-12H,4,6-7,9,15H2,1-2H3. The lowest BCUT2D eigenvalue weighted by atomic mass is 9.98. The molecule has 0 aliphatic carbocycles. The fourth-order valence-electron chi connectivity index (χ4n) is 2.61. The van der Waals surface area contributed by atoms with E-state index in [-0.39, 0.29) is 12.1 Å². The maximum atomic E-state index is 11.5. The number of rotatable bonds is 4. The van der Waals surface area contributed by atoms with Crippen molar-refractivity contribution in [3.05, 3.63) is 24.0 Å². The molecule has 1 aromatic rings. The first-order valence-electron chi connectivity index (χ1n) is 6.73. The van der Waals surface area contributed by atoms with E-state index in [0.717, 1.165) is 25.1 Å². The number of carbonyl (C=O) groups is 1. The van der Waals surface area contributed by atoms with Crippen molar-refractivity contribution in [2.24, 2.45) is 5.73 Å². The van der Waals surface area contributed by atoms with E-state index in [1.54, 1.807) is 19.4 Å². The lowest BCUT2D eigenvalue weighted by Crippen LogP contribution is -2.48. The van der Waals surface area contributed by atoms with Gasteiger partial charge in [0.05, 0.1) is 13.2 Å². The second-order valence-electron chi connectivity index (χ2n) is 4.86. The van der Waals surface area contributed by atoms with Crippen LogP contribution in [0.4, 0.5) is 5.69 Å². The topological polar surface area (TPSA) is 77.7 Å². The fraction of sp³-hybridized carbons (Fsp3) is 0.571. The van der Waals surface area contributed by atoms with Crippen molar-refractivity contribution in [2.75, 3.05) is 32.2 Å². The van der Waals surface area contributed by atoms with Crippen LogP contribution in [0.25, 0.3) is 0 Å². The Morgan fingerprint density at radius 2 is 2.35 bits per heavy atom. The summed E-state index contributed by atoms with van der Waals surface area (Å²) >= 11 is 0. The smallest absolute Gasteiger partial charge is 0.356 e. The summed E-state index contributed by atoms with van der Waals surface area (Å²) in [6.45, 7) is 1.40. The molecular weight excluding hydrogens is 258 g/mol. The van der Waals surface area contributed by atoms with Gasteiger partial charge in [-0.1, -0.05) is 0 Å². The molecule has 2 N–H and O–H groups in total. The van der Waals surface area contributed by atoms with Gasteiger partial charge in [0.25, 0.3) is 0 Å². The van der Waals surface area contributed by atoms with Gasteiger partial charge in [-0.05, 0) is 25.0 Å². The second-order valence-corrected chi connectivity index (χ2v) is 4.86. The summed E-state index contributed by atoms with van der Waals surface area (Å²) in [7, 11) is 3.08. The van der Waals surface area contributed by atoms with Gasteiger partial charge < -0.3 is 20.1 Å². The van der Waals surface area contributed by atoms with E-state index in [1.165, 1.54) is 7.11 Å². The lowest BCUT2D eigenvalue weighted by molar-refractivity contribution is 0.0593. The first-order chi connectivity index (χ1) is 9.69. The van der Waals surface area contributed by atoms with E-state index >= 15 is 0 Å². The molecule has 1 aliphatic rings. The van der Waals surface area contributed by atoms with Crippen molar-refractivity contribution >= 4 is 11.7 Å². The zero-order chi connectivity index (χ0) is 14.5. The van der Waals surface area contributed by atoms with Gasteiger partial charge in [0.15, 0.2) is 0 Å². The highest BCUT2D eigenvalue weighted by Gasteiger charge is 2.28. The van der Waals surface area contributed by atoms with E-state index in [4.69, 9.17) is 15.2 Å². The predicted octanol–water partition coefficient (Wildman–Crippen LogP) is 0.811. The third-order valence-electron chi connectivity index (χ3n) is 3.74. The number of carbonyl (C=O) groups excluding carboxylic acids is 1. The Hall–Kier alpha value is -1.66. The number of hydrogen-bond acceptors (Lipinski definition) is 6. The number of anilines is 1. The zero-order valence-corrected chi connectivity index (χ0v) is 11.9. The molecule has 2 atom stereocenters. The summed E-state index contributed by atoms with van der Waals surface area (Å²) in [5, 5.41) is 0. The van der Waals surface area contributed by atoms with Crippen LogP contribution in [0.3, 0.4) is 0 Å². The maximum absolute atomic E-state index is 11.5. The van der Waals surface area contributed by atoms with E-state index in [0.29, 0.717) is 12.2 Å². The molecule has 1 aliphatic heterocycles. The van der Waals surface area contributed by atoms with Crippen LogP contribution in [0.5, 0.6) is 0 Å². The highest BCUT2D eigenvalue weighted by molar-refractivity contribution is 5.88. The molecule has 20 heavy (non-hydrogen) atoms. The summed E-state index contributed by atoms with van der Waals surface area (Å²) in [5.41, 5.74) is 7.13. The molecule has 1 saturated heterocycles. The van der Waals surface area contributed by atoms with Crippen molar-refractivity contribution in [1.29, 1.82) is 0 Å². The fourth-order valence-corrected chi connectivity index (χ4v) is 2.61. The lowest BCUT2D eigenvalue weighted by Gasteiger charge is -2.40. The number of nitrogens with zero attached hydrogens (tertiary/aromatic N) is 2. The van der Waals surface area contributed by atoms with Gasteiger partial charge in [-0.2, -0.15) is 0 Å². The zero-order valence-electron chi connectivity index (χ0n) is 11.9. The quantitative estimate of drug-likeness (QED) is 0.822. The Kier molecular flexibility index (Phi) is 4.92. The van der Waals surface area contributed by atoms with E-state index in [9.17, 15) is 4.79 Å². The SMILES string of the molecule is COC(=O)c1cc(N2CCC(OC)CC2CN)ccn1. The Morgan fingerprint density at radius 1 is 1.55 bits per heavy atom. The van der Waals surface area contributed by atoms with Crippen LogP contribution in [-0.4, -0.2) is 50.4 Å². The van der Waals surface area contributed by atoms with Crippen LogP contribution in [0.15, 0.2) is 18.3 Å². The molecule has 2 rings (SSSR count). The molecule has 2 heterocycles. The number of nitrogens with two attached hydrogens (primary N) is 1. The minimum absolute atomic E-state index is 0.210. The highest BCUT2D eigenvalue weighted by atomic mass is 16.5.